The molecule has 0 atom stereocenters. The molecule has 1 aromatic rings. The summed E-state index contributed by atoms with van der Waals surface area (Å²) < 4.78 is 0. The van der Waals surface area contributed by atoms with Crippen LogP contribution in [0.1, 0.15) is 19.3 Å². The SMILES string of the molecule is NCCC1(CNc2cnccn2)CC1. The first kappa shape index (κ1) is 9.40. The smallest absolute Gasteiger partial charge is 0.144 e. The van der Waals surface area contributed by atoms with Gasteiger partial charge >= 0.3 is 0 Å². The first-order valence-electron chi connectivity index (χ1n) is 5.05. The summed E-state index contributed by atoms with van der Waals surface area (Å²) in [5.41, 5.74) is 6.02. The molecule has 1 fully saturated rings. The van der Waals surface area contributed by atoms with E-state index in [9.17, 15) is 0 Å². The summed E-state index contributed by atoms with van der Waals surface area (Å²) >= 11 is 0. The van der Waals surface area contributed by atoms with Gasteiger partial charge in [0.25, 0.3) is 0 Å². The van der Waals surface area contributed by atoms with E-state index in [1.54, 1.807) is 18.6 Å². The molecule has 14 heavy (non-hydrogen) atoms. The second-order valence-electron chi connectivity index (χ2n) is 3.98. The quantitative estimate of drug-likeness (QED) is 0.731. The van der Waals surface area contributed by atoms with Crippen molar-refractivity contribution in [2.75, 3.05) is 18.4 Å². The monoisotopic (exact) mass is 192 g/mol. The average Bonchev–Trinajstić information content (AvgIpc) is 2.98. The summed E-state index contributed by atoms with van der Waals surface area (Å²) in [6.07, 6.45) is 8.82. The van der Waals surface area contributed by atoms with Crippen molar-refractivity contribution < 1.29 is 0 Å². The third-order valence-electron chi connectivity index (χ3n) is 2.84. The first-order chi connectivity index (χ1) is 6.85. The van der Waals surface area contributed by atoms with E-state index in [1.807, 2.05) is 0 Å². The van der Waals surface area contributed by atoms with Gasteiger partial charge in [-0.05, 0) is 31.2 Å². The van der Waals surface area contributed by atoms with E-state index < -0.39 is 0 Å². The van der Waals surface area contributed by atoms with Crippen molar-refractivity contribution in [1.82, 2.24) is 9.97 Å². The summed E-state index contributed by atoms with van der Waals surface area (Å²) in [6.45, 7) is 1.76. The number of nitrogens with zero attached hydrogens (tertiary/aromatic N) is 2. The molecule has 4 nitrogen and oxygen atoms in total. The van der Waals surface area contributed by atoms with Crippen LogP contribution in [0.2, 0.25) is 0 Å². The lowest BCUT2D eigenvalue weighted by molar-refractivity contribution is 0.500. The topological polar surface area (TPSA) is 63.8 Å². The Morgan fingerprint density at radius 1 is 1.43 bits per heavy atom. The zero-order valence-electron chi connectivity index (χ0n) is 8.24. The van der Waals surface area contributed by atoms with Gasteiger partial charge in [0, 0.05) is 18.9 Å². The number of hydrogen-bond donors (Lipinski definition) is 2. The Morgan fingerprint density at radius 2 is 2.29 bits per heavy atom. The molecule has 1 aliphatic rings. The molecule has 0 spiro atoms. The lowest BCUT2D eigenvalue weighted by Gasteiger charge is -2.14. The van der Waals surface area contributed by atoms with Gasteiger partial charge in [0.15, 0.2) is 0 Å². The molecule has 0 aromatic carbocycles. The van der Waals surface area contributed by atoms with Crippen LogP contribution in [0.25, 0.3) is 0 Å². The Kier molecular flexibility index (Phi) is 2.63. The van der Waals surface area contributed by atoms with E-state index in [-0.39, 0.29) is 0 Å². The molecule has 2 rings (SSSR count). The molecule has 0 aliphatic heterocycles. The van der Waals surface area contributed by atoms with Gasteiger partial charge in [-0.1, -0.05) is 0 Å². The van der Waals surface area contributed by atoms with E-state index in [0.717, 1.165) is 25.3 Å². The van der Waals surface area contributed by atoms with Gasteiger partial charge in [-0.15, -0.1) is 0 Å². The van der Waals surface area contributed by atoms with Crippen LogP contribution in [0.4, 0.5) is 5.82 Å². The number of rotatable bonds is 5. The van der Waals surface area contributed by atoms with E-state index in [1.165, 1.54) is 12.8 Å². The summed E-state index contributed by atoms with van der Waals surface area (Å²) in [6, 6.07) is 0. The van der Waals surface area contributed by atoms with Gasteiger partial charge in [0.1, 0.15) is 5.82 Å². The van der Waals surface area contributed by atoms with Crippen LogP contribution in [0.15, 0.2) is 18.6 Å². The van der Waals surface area contributed by atoms with Crippen molar-refractivity contribution in [1.29, 1.82) is 0 Å². The summed E-state index contributed by atoms with van der Waals surface area (Å²) in [7, 11) is 0. The minimum absolute atomic E-state index is 0.451. The molecule has 3 N–H and O–H groups in total. The second-order valence-corrected chi connectivity index (χ2v) is 3.98. The summed E-state index contributed by atoms with van der Waals surface area (Å²) in [4.78, 5) is 8.17. The fourth-order valence-electron chi connectivity index (χ4n) is 1.67. The van der Waals surface area contributed by atoms with Crippen LogP contribution in [0.5, 0.6) is 0 Å². The van der Waals surface area contributed by atoms with E-state index in [0.29, 0.717) is 5.41 Å². The number of nitrogens with one attached hydrogen (secondary N) is 1. The minimum atomic E-state index is 0.451. The third-order valence-corrected chi connectivity index (χ3v) is 2.84. The highest BCUT2D eigenvalue weighted by molar-refractivity contribution is 5.30. The van der Waals surface area contributed by atoms with E-state index >= 15 is 0 Å². The number of aromatic nitrogens is 2. The zero-order chi connectivity index (χ0) is 9.86. The number of hydrogen-bond acceptors (Lipinski definition) is 4. The predicted molar refractivity (Wildman–Crippen MR) is 55.9 cm³/mol. The lowest BCUT2D eigenvalue weighted by atomic mass is 10.0. The summed E-state index contributed by atoms with van der Waals surface area (Å²) in [5.74, 6) is 0.857. The van der Waals surface area contributed by atoms with Crippen molar-refractivity contribution in [3.8, 4) is 0 Å². The highest BCUT2D eigenvalue weighted by atomic mass is 15.0. The Labute approximate surface area is 83.9 Å². The van der Waals surface area contributed by atoms with Crippen molar-refractivity contribution in [3.63, 3.8) is 0 Å². The molecular formula is C10H16N4. The largest absolute Gasteiger partial charge is 0.368 e. The molecular weight excluding hydrogens is 176 g/mol. The van der Waals surface area contributed by atoms with Gasteiger partial charge < -0.3 is 11.1 Å². The van der Waals surface area contributed by atoms with Gasteiger partial charge in [-0.2, -0.15) is 0 Å². The molecule has 4 heteroatoms. The first-order valence-corrected chi connectivity index (χ1v) is 5.05. The van der Waals surface area contributed by atoms with Crippen LogP contribution in [-0.4, -0.2) is 23.1 Å². The fraction of sp³-hybridized carbons (Fsp3) is 0.600. The fourth-order valence-corrected chi connectivity index (χ4v) is 1.67. The number of nitrogens with two attached hydrogens (primary N) is 1. The van der Waals surface area contributed by atoms with Crippen molar-refractivity contribution in [2.24, 2.45) is 11.1 Å². The second kappa shape index (κ2) is 3.92. The molecule has 0 saturated heterocycles. The van der Waals surface area contributed by atoms with Crippen molar-refractivity contribution >= 4 is 5.82 Å². The van der Waals surface area contributed by atoms with Crippen LogP contribution >= 0.6 is 0 Å². The molecule has 0 unspecified atom stereocenters. The Morgan fingerprint density at radius 3 is 2.86 bits per heavy atom. The summed E-state index contributed by atoms with van der Waals surface area (Å²) in [5, 5.41) is 3.30. The molecule has 1 aliphatic carbocycles. The average molecular weight is 192 g/mol. The Hall–Kier alpha value is -1.16. The van der Waals surface area contributed by atoms with E-state index in [4.69, 9.17) is 5.73 Å². The minimum Gasteiger partial charge on any atom is -0.368 e. The number of anilines is 1. The molecule has 0 amide bonds. The maximum Gasteiger partial charge on any atom is 0.144 e. The zero-order valence-corrected chi connectivity index (χ0v) is 8.24. The van der Waals surface area contributed by atoms with E-state index in [2.05, 4.69) is 15.3 Å². The standard InChI is InChI=1S/C10H16N4/c11-4-3-10(1-2-10)8-14-9-7-12-5-6-13-9/h5-7H,1-4,8,11H2,(H,13,14). The molecule has 1 aromatic heterocycles. The van der Waals surface area contributed by atoms with Gasteiger partial charge in [0.2, 0.25) is 0 Å². The van der Waals surface area contributed by atoms with Gasteiger partial charge in [0.05, 0.1) is 6.20 Å². The predicted octanol–water partition coefficient (Wildman–Crippen LogP) is 1.02. The molecule has 0 bridgehead atoms. The Bertz CT molecular complexity index is 281. The molecule has 1 saturated carbocycles. The van der Waals surface area contributed by atoms with Crippen molar-refractivity contribution in [3.05, 3.63) is 18.6 Å². The lowest BCUT2D eigenvalue weighted by Crippen LogP contribution is -2.19. The van der Waals surface area contributed by atoms with Gasteiger partial charge in [-0.3, -0.25) is 4.98 Å². The van der Waals surface area contributed by atoms with Crippen molar-refractivity contribution in [2.45, 2.75) is 19.3 Å². The van der Waals surface area contributed by atoms with Crippen LogP contribution in [0.3, 0.4) is 0 Å². The van der Waals surface area contributed by atoms with Gasteiger partial charge in [-0.25, -0.2) is 4.98 Å². The highest BCUT2D eigenvalue weighted by Gasteiger charge is 2.41. The third kappa shape index (κ3) is 2.20. The normalized spacial score (nSPS) is 17.8. The molecule has 1 heterocycles. The van der Waals surface area contributed by atoms with Crippen LogP contribution < -0.4 is 11.1 Å². The molecule has 0 radical (unpaired) electrons. The maximum atomic E-state index is 5.57. The highest BCUT2D eigenvalue weighted by Crippen LogP contribution is 2.48. The van der Waals surface area contributed by atoms with Crippen LogP contribution in [0, 0.1) is 5.41 Å². The molecule has 76 valence electrons. The maximum absolute atomic E-state index is 5.57. The Balaban J connectivity index is 1.83. The van der Waals surface area contributed by atoms with Crippen LogP contribution in [-0.2, 0) is 0 Å².